The molecule has 3 atom stereocenters. The van der Waals surface area contributed by atoms with Crippen LogP contribution < -0.4 is 0 Å². The Kier molecular flexibility index (Phi) is 8.42. The number of likely N-dealkylation sites (tertiary alicyclic amines) is 1. The van der Waals surface area contributed by atoms with Gasteiger partial charge in [-0.1, -0.05) is 24.3 Å². The van der Waals surface area contributed by atoms with Gasteiger partial charge in [0.2, 0.25) is 0 Å². The quantitative estimate of drug-likeness (QED) is 0.485. The number of carbonyl (C=O) groups excluding carboxylic acids is 2. The molecule has 1 aromatic carbocycles. The summed E-state index contributed by atoms with van der Waals surface area (Å²) in [6, 6.07) is 14.4. The number of hydrogen-bond donors (Lipinski definition) is 1. The van der Waals surface area contributed by atoms with E-state index >= 15 is 0 Å². The van der Waals surface area contributed by atoms with Gasteiger partial charge in [-0.25, -0.2) is 4.79 Å². The van der Waals surface area contributed by atoms with Crippen LogP contribution in [0.2, 0.25) is 0 Å². The molecule has 3 unspecified atom stereocenters. The molecule has 1 fully saturated rings. The van der Waals surface area contributed by atoms with E-state index in [1.807, 2.05) is 63.2 Å². The lowest BCUT2D eigenvalue weighted by molar-refractivity contribution is -0.00458. The van der Waals surface area contributed by atoms with E-state index in [4.69, 9.17) is 4.74 Å². The van der Waals surface area contributed by atoms with Crippen molar-refractivity contribution in [3.8, 4) is 0 Å². The van der Waals surface area contributed by atoms with Crippen molar-refractivity contribution in [2.75, 3.05) is 7.05 Å². The number of ether oxygens (including phenoxy) is 1. The van der Waals surface area contributed by atoms with Crippen LogP contribution >= 0.6 is 0 Å². The maximum atomic E-state index is 13.3. The number of carbonyl (C=O) groups is 2. The molecule has 1 saturated heterocycles. The van der Waals surface area contributed by atoms with Crippen molar-refractivity contribution < 1.29 is 19.4 Å². The zero-order valence-electron chi connectivity index (χ0n) is 22.4. The summed E-state index contributed by atoms with van der Waals surface area (Å²) in [5.74, 6) is -0.0729. The first-order chi connectivity index (χ1) is 18.1. The molecule has 3 heterocycles. The van der Waals surface area contributed by atoms with Crippen LogP contribution in [0.25, 0.3) is 0 Å². The summed E-state index contributed by atoms with van der Waals surface area (Å²) in [5.41, 5.74) is 2.58. The largest absolute Gasteiger partial charge is 0.444 e. The van der Waals surface area contributed by atoms with Crippen LogP contribution in [0.15, 0.2) is 73.3 Å². The van der Waals surface area contributed by atoms with Gasteiger partial charge in [-0.2, -0.15) is 0 Å². The second kappa shape index (κ2) is 11.7. The van der Waals surface area contributed by atoms with Gasteiger partial charge in [-0.15, -0.1) is 0 Å². The topological polar surface area (TPSA) is 95.9 Å². The second-order valence-corrected chi connectivity index (χ2v) is 10.8. The normalized spacial score (nSPS) is 18.2. The summed E-state index contributed by atoms with van der Waals surface area (Å²) in [6.07, 6.45) is 7.43. The van der Waals surface area contributed by atoms with Crippen LogP contribution in [-0.2, 0) is 17.7 Å². The van der Waals surface area contributed by atoms with E-state index in [1.54, 1.807) is 47.7 Å². The minimum Gasteiger partial charge on any atom is -0.444 e. The highest BCUT2D eigenvalue weighted by Crippen LogP contribution is 2.35. The number of aliphatic hydroxyl groups excluding tert-OH is 1. The molecule has 0 bridgehead atoms. The van der Waals surface area contributed by atoms with E-state index in [2.05, 4.69) is 9.97 Å². The van der Waals surface area contributed by atoms with Gasteiger partial charge in [-0.05, 0) is 75.4 Å². The number of aromatic nitrogens is 2. The molecule has 3 aromatic rings. The highest BCUT2D eigenvalue weighted by Gasteiger charge is 2.43. The van der Waals surface area contributed by atoms with Crippen LogP contribution in [0.5, 0.6) is 0 Å². The molecule has 2 aromatic heterocycles. The SMILES string of the molecule is CN(Cc1cccnc1)C(=O)c1ccc(CC2CCC(C(O)c3cccnc3)N2C(=O)OC(C)(C)C)cc1. The first-order valence-corrected chi connectivity index (χ1v) is 12.9. The molecule has 8 heteroatoms. The van der Waals surface area contributed by atoms with E-state index in [0.29, 0.717) is 30.5 Å². The Balaban J connectivity index is 1.47. The number of amides is 2. The lowest BCUT2D eigenvalue weighted by Crippen LogP contribution is -2.47. The van der Waals surface area contributed by atoms with E-state index in [0.717, 1.165) is 17.5 Å². The summed E-state index contributed by atoms with van der Waals surface area (Å²) in [6.45, 7) is 5.98. The number of pyridine rings is 2. The highest BCUT2D eigenvalue weighted by molar-refractivity contribution is 5.94. The molecule has 200 valence electrons. The molecule has 1 aliphatic rings. The van der Waals surface area contributed by atoms with Crippen molar-refractivity contribution in [1.82, 2.24) is 19.8 Å². The van der Waals surface area contributed by atoms with Gasteiger partial charge in [0, 0.05) is 55.5 Å². The summed E-state index contributed by atoms with van der Waals surface area (Å²) in [5, 5.41) is 11.1. The Morgan fingerprint density at radius 1 is 1.03 bits per heavy atom. The number of benzene rings is 1. The van der Waals surface area contributed by atoms with Crippen molar-refractivity contribution in [2.24, 2.45) is 0 Å². The van der Waals surface area contributed by atoms with Crippen molar-refractivity contribution in [2.45, 2.75) is 70.4 Å². The monoisotopic (exact) mass is 516 g/mol. The Morgan fingerprint density at radius 2 is 1.71 bits per heavy atom. The van der Waals surface area contributed by atoms with Gasteiger partial charge >= 0.3 is 6.09 Å². The van der Waals surface area contributed by atoms with Crippen molar-refractivity contribution >= 4 is 12.0 Å². The third kappa shape index (κ3) is 6.75. The average Bonchev–Trinajstić information content (AvgIpc) is 3.32. The van der Waals surface area contributed by atoms with E-state index in [-0.39, 0.29) is 11.9 Å². The van der Waals surface area contributed by atoms with Gasteiger partial charge in [0.15, 0.2) is 0 Å². The zero-order valence-corrected chi connectivity index (χ0v) is 22.4. The van der Waals surface area contributed by atoms with Crippen LogP contribution in [0.1, 0.15) is 66.8 Å². The van der Waals surface area contributed by atoms with Crippen molar-refractivity contribution in [3.63, 3.8) is 0 Å². The van der Waals surface area contributed by atoms with Crippen LogP contribution in [0.4, 0.5) is 4.79 Å². The molecule has 2 amide bonds. The van der Waals surface area contributed by atoms with Gasteiger partial charge in [0.1, 0.15) is 11.7 Å². The molecule has 0 saturated carbocycles. The minimum absolute atomic E-state index is 0.0729. The molecule has 4 rings (SSSR count). The molecule has 0 spiro atoms. The van der Waals surface area contributed by atoms with Crippen LogP contribution in [0, 0.1) is 0 Å². The molecule has 1 N–H and O–H groups in total. The van der Waals surface area contributed by atoms with Gasteiger partial charge in [0.25, 0.3) is 5.91 Å². The molecule has 38 heavy (non-hydrogen) atoms. The van der Waals surface area contributed by atoms with E-state index in [1.165, 1.54) is 0 Å². The number of rotatable bonds is 7. The second-order valence-electron chi connectivity index (χ2n) is 10.8. The number of hydrogen-bond acceptors (Lipinski definition) is 6. The van der Waals surface area contributed by atoms with E-state index < -0.39 is 23.8 Å². The Labute approximate surface area is 224 Å². The van der Waals surface area contributed by atoms with Crippen LogP contribution in [-0.4, -0.2) is 61.6 Å². The van der Waals surface area contributed by atoms with Crippen LogP contribution in [0.3, 0.4) is 0 Å². The fourth-order valence-corrected chi connectivity index (χ4v) is 4.91. The Morgan fingerprint density at radius 3 is 2.32 bits per heavy atom. The predicted molar refractivity (Wildman–Crippen MR) is 144 cm³/mol. The molecule has 0 aliphatic carbocycles. The first-order valence-electron chi connectivity index (χ1n) is 12.9. The smallest absolute Gasteiger partial charge is 0.410 e. The highest BCUT2D eigenvalue weighted by atomic mass is 16.6. The summed E-state index contributed by atoms with van der Waals surface area (Å²) >= 11 is 0. The third-order valence-electron chi connectivity index (χ3n) is 6.70. The lowest BCUT2D eigenvalue weighted by atomic mass is 10.0. The Bertz CT molecular complexity index is 1210. The minimum atomic E-state index is -0.864. The summed E-state index contributed by atoms with van der Waals surface area (Å²) in [4.78, 5) is 37.8. The van der Waals surface area contributed by atoms with Crippen molar-refractivity contribution in [1.29, 1.82) is 0 Å². The van der Waals surface area contributed by atoms with Gasteiger partial charge in [0.05, 0.1) is 6.04 Å². The maximum absolute atomic E-state index is 13.3. The fourth-order valence-electron chi connectivity index (χ4n) is 4.91. The summed E-state index contributed by atoms with van der Waals surface area (Å²) < 4.78 is 5.74. The third-order valence-corrected chi connectivity index (χ3v) is 6.70. The standard InChI is InChI=1S/C30H36N4O4/c1-30(2,3)38-29(37)34-25(13-14-26(34)27(35)24-8-6-16-32-19-24)17-21-9-11-23(12-10-21)28(36)33(4)20-22-7-5-15-31-18-22/h5-12,15-16,18-19,25-27,35H,13-14,17,20H2,1-4H3. The van der Waals surface area contributed by atoms with Crippen molar-refractivity contribution in [3.05, 3.63) is 95.6 Å². The maximum Gasteiger partial charge on any atom is 0.410 e. The van der Waals surface area contributed by atoms with Gasteiger partial charge < -0.3 is 14.7 Å². The Hall–Kier alpha value is -3.78. The molecular weight excluding hydrogens is 480 g/mol. The predicted octanol–water partition coefficient (Wildman–Crippen LogP) is 4.79. The lowest BCUT2D eigenvalue weighted by Gasteiger charge is -2.34. The summed E-state index contributed by atoms with van der Waals surface area (Å²) in [7, 11) is 1.77. The molecule has 0 radical (unpaired) electrons. The number of nitrogens with zero attached hydrogens (tertiary/aromatic N) is 4. The molecular formula is C30H36N4O4. The number of aliphatic hydroxyl groups is 1. The van der Waals surface area contributed by atoms with Gasteiger partial charge in [-0.3, -0.25) is 19.7 Å². The molecule has 8 nitrogen and oxygen atoms in total. The average molecular weight is 517 g/mol. The zero-order chi connectivity index (χ0) is 27.3. The fraction of sp³-hybridized carbons (Fsp3) is 0.400. The van der Waals surface area contributed by atoms with E-state index in [9.17, 15) is 14.7 Å². The first kappa shape index (κ1) is 27.3. The molecule has 1 aliphatic heterocycles.